The number of fused-ring (bicyclic) bond motifs is 1. The van der Waals surface area contributed by atoms with E-state index in [0.29, 0.717) is 13.0 Å². The van der Waals surface area contributed by atoms with Crippen molar-refractivity contribution in [2.24, 2.45) is 5.41 Å². The van der Waals surface area contributed by atoms with E-state index < -0.39 is 0 Å². The van der Waals surface area contributed by atoms with Crippen LogP contribution in [-0.4, -0.2) is 33.6 Å². The minimum absolute atomic E-state index is 0.0106. The van der Waals surface area contributed by atoms with Crippen LogP contribution in [0.25, 0.3) is 5.65 Å². The van der Waals surface area contributed by atoms with Crippen molar-refractivity contribution in [1.82, 2.24) is 14.7 Å². The largest absolute Gasteiger partial charge is 0.396 e. The number of nitrogens with one attached hydrogen (secondary N) is 1. The summed E-state index contributed by atoms with van der Waals surface area (Å²) in [5, 5.41) is 12.2. The first kappa shape index (κ1) is 16.5. The normalized spacial score (nSPS) is 11.8. The topological polar surface area (TPSA) is 66.6 Å². The highest BCUT2D eigenvalue weighted by Gasteiger charge is 2.26. The highest BCUT2D eigenvalue weighted by molar-refractivity contribution is 5.78. The van der Waals surface area contributed by atoms with Gasteiger partial charge in [0.05, 0.1) is 12.1 Å². The molecule has 0 aliphatic carbocycles. The van der Waals surface area contributed by atoms with Crippen molar-refractivity contribution >= 4 is 11.6 Å². The number of aliphatic hydroxyl groups is 1. The number of amides is 1. The van der Waals surface area contributed by atoms with Gasteiger partial charge in [0.25, 0.3) is 0 Å². The molecule has 5 nitrogen and oxygen atoms in total. The minimum Gasteiger partial charge on any atom is -0.396 e. The summed E-state index contributed by atoms with van der Waals surface area (Å²) in [6, 6.07) is 5.78. The molecule has 0 radical (unpaired) electrons. The second kappa shape index (κ2) is 7.40. The van der Waals surface area contributed by atoms with E-state index in [1.807, 2.05) is 35.0 Å². The lowest BCUT2D eigenvalue weighted by atomic mass is 9.79. The van der Waals surface area contributed by atoms with Crippen molar-refractivity contribution in [3.8, 4) is 0 Å². The van der Waals surface area contributed by atoms with Crippen LogP contribution in [0.4, 0.5) is 0 Å². The number of aromatic nitrogens is 2. The molecule has 120 valence electrons. The van der Waals surface area contributed by atoms with Gasteiger partial charge in [0, 0.05) is 25.5 Å². The quantitative estimate of drug-likeness (QED) is 0.785. The number of hydrogen-bond donors (Lipinski definition) is 2. The zero-order chi connectivity index (χ0) is 16.0. The molecular formula is C17H25N3O2. The summed E-state index contributed by atoms with van der Waals surface area (Å²) in [4.78, 5) is 16.6. The molecule has 2 aromatic heterocycles. The summed E-state index contributed by atoms with van der Waals surface area (Å²) in [5.74, 6) is -0.0207. The van der Waals surface area contributed by atoms with Crippen LogP contribution in [0.5, 0.6) is 0 Å². The van der Waals surface area contributed by atoms with Gasteiger partial charge in [0.2, 0.25) is 5.91 Å². The summed E-state index contributed by atoms with van der Waals surface area (Å²) in [7, 11) is 0. The average Bonchev–Trinajstić information content (AvgIpc) is 2.93. The van der Waals surface area contributed by atoms with Crippen molar-refractivity contribution in [3.63, 3.8) is 0 Å². The first-order chi connectivity index (χ1) is 10.6. The van der Waals surface area contributed by atoms with Crippen molar-refractivity contribution in [3.05, 3.63) is 36.3 Å². The molecule has 5 heteroatoms. The van der Waals surface area contributed by atoms with Gasteiger partial charge in [-0.2, -0.15) is 0 Å². The van der Waals surface area contributed by atoms with E-state index >= 15 is 0 Å². The van der Waals surface area contributed by atoms with E-state index in [9.17, 15) is 9.90 Å². The zero-order valence-electron chi connectivity index (χ0n) is 13.4. The Hall–Kier alpha value is -1.88. The number of nitrogens with zero attached hydrogens (tertiary/aromatic N) is 2. The molecule has 0 unspecified atom stereocenters. The number of rotatable bonds is 8. The SMILES string of the molecule is CCC(CC)(CCO)CNC(=O)Cc1cn2ccccc2n1. The average molecular weight is 303 g/mol. The second-order valence-corrected chi connectivity index (χ2v) is 5.83. The van der Waals surface area contributed by atoms with Gasteiger partial charge in [0.1, 0.15) is 5.65 Å². The summed E-state index contributed by atoms with van der Waals surface area (Å²) in [6.07, 6.45) is 6.69. The van der Waals surface area contributed by atoms with Crippen LogP contribution in [0.3, 0.4) is 0 Å². The third-order valence-corrected chi connectivity index (χ3v) is 4.56. The summed E-state index contributed by atoms with van der Waals surface area (Å²) >= 11 is 0. The van der Waals surface area contributed by atoms with Gasteiger partial charge < -0.3 is 14.8 Å². The molecule has 2 heterocycles. The van der Waals surface area contributed by atoms with Crippen molar-refractivity contribution in [2.45, 2.75) is 39.5 Å². The molecule has 0 saturated heterocycles. The van der Waals surface area contributed by atoms with E-state index in [1.165, 1.54) is 0 Å². The first-order valence-corrected chi connectivity index (χ1v) is 7.92. The summed E-state index contributed by atoms with van der Waals surface area (Å²) < 4.78 is 1.91. The third kappa shape index (κ3) is 3.85. The van der Waals surface area contributed by atoms with Gasteiger partial charge in [0.15, 0.2) is 0 Å². The summed E-state index contributed by atoms with van der Waals surface area (Å²) in [6.45, 7) is 4.97. The Bertz CT molecular complexity index is 584. The van der Waals surface area contributed by atoms with E-state index in [4.69, 9.17) is 0 Å². The van der Waals surface area contributed by atoms with Crippen molar-refractivity contribution < 1.29 is 9.90 Å². The van der Waals surface area contributed by atoms with E-state index in [0.717, 1.165) is 24.2 Å². The van der Waals surface area contributed by atoms with E-state index in [-0.39, 0.29) is 24.3 Å². The van der Waals surface area contributed by atoms with Gasteiger partial charge in [-0.1, -0.05) is 19.9 Å². The van der Waals surface area contributed by atoms with Gasteiger partial charge in [-0.15, -0.1) is 0 Å². The molecule has 0 aliphatic rings. The maximum Gasteiger partial charge on any atom is 0.226 e. The van der Waals surface area contributed by atoms with Crippen LogP contribution in [0.1, 0.15) is 38.8 Å². The fourth-order valence-corrected chi connectivity index (χ4v) is 2.76. The monoisotopic (exact) mass is 303 g/mol. The first-order valence-electron chi connectivity index (χ1n) is 7.92. The molecule has 1 amide bonds. The predicted molar refractivity (Wildman–Crippen MR) is 86.6 cm³/mol. The smallest absolute Gasteiger partial charge is 0.226 e. The Morgan fingerprint density at radius 3 is 2.77 bits per heavy atom. The van der Waals surface area contributed by atoms with E-state index in [1.54, 1.807) is 0 Å². The van der Waals surface area contributed by atoms with Gasteiger partial charge in [-0.3, -0.25) is 4.79 Å². The van der Waals surface area contributed by atoms with Gasteiger partial charge in [-0.05, 0) is 36.8 Å². The van der Waals surface area contributed by atoms with Crippen LogP contribution in [0, 0.1) is 5.41 Å². The zero-order valence-corrected chi connectivity index (χ0v) is 13.4. The Balaban J connectivity index is 1.94. The Labute approximate surface area is 131 Å². The van der Waals surface area contributed by atoms with Crippen molar-refractivity contribution in [1.29, 1.82) is 0 Å². The molecular weight excluding hydrogens is 278 g/mol. The molecule has 2 rings (SSSR count). The summed E-state index contributed by atoms with van der Waals surface area (Å²) in [5.41, 5.74) is 1.61. The standard InChI is InChI=1S/C17H25N3O2/c1-3-17(4-2,8-10-21)13-18-16(22)11-14-12-20-9-6-5-7-15(20)19-14/h5-7,9,12,21H,3-4,8,10-11,13H2,1-2H3,(H,18,22). The Morgan fingerprint density at radius 1 is 1.36 bits per heavy atom. The number of carbonyl (C=O) groups is 1. The Kier molecular flexibility index (Phi) is 5.55. The minimum atomic E-state index is -0.0207. The number of hydrogen-bond acceptors (Lipinski definition) is 3. The molecule has 0 atom stereocenters. The third-order valence-electron chi connectivity index (χ3n) is 4.56. The molecule has 2 N–H and O–H groups in total. The molecule has 2 aromatic rings. The highest BCUT2D eigenvalue weighted by Crippen LogP contribution is 2.29. The predicted octanol–water partition coefficient (Wildman–Crippen LogP) is 2.18. The maximum absolute atomic E-state index is 12.1. The number of aliphatic hydroxyl groups excluding tert-OH is 1. The molecule has 0 bridgehead atoms. The molecule has 0 fully saturated rings. The fourth-order valence-electron chi connectivity index (χ4n) is 2.76. The lowest BCUT2D eigenvalue weighted by Gasteiger charge is -2.31. The molecule has 0 aliphatic heterocycles. The molecule has 0 saturated carbocycles. The number of carbonyl (C=O) groups excluding carboxylic acids is 1. The molecule has 22 heavy (non-hydrogen) atoms. The van der Waals surface area contributed by atoms with Gasteiger partial charge in [-0.25, -0.2) is 4.98 Å². The number of pyridine rings is 1. The lowest BCUT2D eigenvalue weighted by molar-refractivity contribution is -0.121. The molecule has 0 aromatic carbocycles. The Morgan fingerprint density at radius 2 is 2.14 bits per heavy atom. The molecule has 0 spiro atoms. The highest BCUT2D eigenvalue weighted by atomic mass is 16.3. The van der Waals surface area contributed by atoms with Crippen molar-refractivity contribution in [2.75, 3.05) is 13.2 Å². The van der Waals surface area contributed by atoms with Gasteiger partial charge >= 0.3 is 0 Å². The fraction of sp³-hybridized carbons (Fsp3) is 0.529. The number of imidazole rings is 1. The van der Waals surface area contributed by atoms with Crippen LogP contribution < -0.4 is 5.32 Å². The van der Waals surface area contributed by atoms with E-state index in [2.05, 4.69) is 24.1 Å². The van der Waals surface area contributed by atoms with Crippen LogP contribution >= 0.6 is 0 Å². The van der Waals surface area contributed by atoms with Crippen LogP contribution in [-0.2, 0) is 11.2 Å². The van der Waals surface area contributed by atoms with Crippen LogP contribution in [0.2, 0.25) is 0 Å². The second-order valence-electron chi connectivity index (χ2n) is 5.83. The lowest BCUT2D eigenvalue weighted by Crippen LogP contribution is -2.38. The maximum atomic E-state index is 12.1. The van der Waals surface area contributed by atoms with Crippen LogP contribution in [0.15, 0.2) is 30.6 Å².